The molecular formula is C20H25N5O5. The summed E-state index contributed by atoms with van der Waals surface area (Å²) in [5.74, 6) is -3.83. The molecule has 0 spiro atoms. The number of carbonyl (C=O) groups is 5. The van der Waals surface area contributed by atoms with Gasteiger partial charge in [0.1, 0.15) is 0 Å². The summed E-state index contributed by atoms with van der Waals surface area (Å²) < 4.78 is 0. The van der Waals surface area contributed by atoms with Crippen molar-refractivity contribution >= 4 is 29.5 Å². The highest BCUT2D eigenvalue weighted by molar-refractivity contribution is 5.99. The molecule has 3 atom stereocenters. The summed E-state index contributed by atoms with van der Waals surface area (Å²) in [6.07, 6.45) is 0.610. The summed E-state index contributed by atoms with van der Waals surface area (Å²) in [5.41, 5.74) is 11.4. The van der Waals surface area contributed by atoms with E-state index in [0.29, 0.717) is 30.6 Å². The number of nitrogens with two attached hydrogens (primary N) is 2. The molecule has 5 N–H and O–H groups in total. The van der Waals surface area contributed by atoms with Crippen molar-refractivity contribution in [3.8, 4) is 0 Å². The van der Waals surface area contributed by atoms with Crippen LogP contribution < -0.4 is 16.8 Å². The third kappa shape index (κ3) is 4.12. The molecule has 30 heavy (non-hydrogen) atoms. The SMILES string of the molecule is CNC(=O)C1CCN(C(=O)c2ccc(C(=O)N3CC(C(N)=O)[C@H](C(N)=O)C3)cc2)C1. The van der Waals surface area contributed by atoms with E-state index in [9.17, 15) is 24.0 Å². The van der Waals surface area contributed by atoms with Crippen LogP contribution in [0.25, 0.3) is 0 Å². The first kappa shape index (κ1) is 21.3. The van der Waals surface area contributed by atoms with Crippen molar-refractivity contribution in [2.24, 2.45) is 29.2 Å². The molecular weight excluding hydrogens is 390 g/mol. The lowest BCUT2D eigenvalue weighted by Crippen LogP contribution is -2.36. The fraction of sp³-hybridized carbons (Fsp3) is 0.450. The predicted molar refractivity (Wildman–Crippen MR) is 106 cm³/mol. The van der Waals surface area contributed by atoms with Crippen LogP contribution in [-0.4, -0.2) is 72.6 Å². The summed E-state index contributed by atoms with van der Waals surface area (Å²) in [6, 6.07) is 6.16. The van der Waals surface area contributed by atoms with Gasteiger partial charge in [0.25, 0.3) is 11.8 Å². The highest BCUT2D eigenvalue weighted by Crippen LogP contribution is 2.25. The van der Waals surface area contributed by atoms with Crippen LogP contribution in [0.15, 0.2) is 24.3 Å². The van der Waals surface area contributed by atoms with E-state index in [4.69, 9.17) is 11.5 Å². The maximum Gasteiger partial charge on any atom is 0.253 e. The van der Waals surface area contributed by atoms with Gasteiger partial charge in [-0.05, 0) is 30.7 Å². The topological polar surface area (TPSA) is 156 Å². The van der Waals surface area contributed by atoms with E-state index in [-0.39, 0.29) is 36.7 Å². The molecule has 5 amide bonds. The number of hydrogen-bond donors (Lipinski definition) is 3. The second-order valence-corrected chi connectivity index (χ2v) is 7.66. The lowest BCUT2D eigenvalue weighted by molar-refractivity contribution is -0.129. The molecule has 0 radical (unpaired) electrons. The molecule has 10 heteroatoms. The Morgan fingerprint density at radius 3 is 1.73 bits per heavy atom. The van der Waals surface area contributed by atoms with Crippen molar-refractivity contribution in [3.05, 3.63) is 35.4 Å². The third-order valence-electron chi connectivity index (χ3n) is 5.81. The van der Waals surface area contributed by atoms with Crippen molar-refractivity contribution in [1.82, 2.24) is 15.1 Å². The van der Waals surface area contributed by atoms with Crippen LogP contribution in [0.5, 0.6) is 0 Å². The molecule has 0 aliphatic carbocycles. The standard InChI is InChI=1S/C20H25N5O5/c1-23-18(28)13-6-7-24(8-13)19(29)11-2-4-12(5-3-11)20(30)25-9-14(16(21)26)15(10-25)17(22)27/h2-5,13-15H,6-10H2,1H3,(H2,21,26)(H2,22,27)(H,23,28)/t13?,14-,15?/m1/s1. The number of likely N-dealkylation sites (tertiary alicyclic amines) is 2. The molecule has 160 valence electrons. The Balaban J connectivity index is 1.66. The van der Waals surface area contributed by atoms with Crippen molar-refractivity contribution in [1.29, 1.82) is 0 Å². The van der Waals surface area contributed by atoms with Crippen LogP contribution in [0.4, 0.5) is 0 Å². The van der Waals surface area contributed by atoms with Crippen LogP contribution >= 0.6 is 0 Å². The van der Waals surface area contributed by atoms with Gasteiger partial charge in [-0.15, -0.1) is 0 Å². The Labute approximate surface area is 173 Å². The Bertz CT molecular complexity index is 862. The molecule has 2 fully saturated rings. The first-order chi connectivity index (χ1) is 14.2. The minimum atomic E-state index is -0.810. The molecule has 2 aliphatic rings. The Morgan fingerprint density at radius 1 is 0.833 bits per heavy atom. The minimum absolute atomic E-state index is 0.0249. The lowest BCUT2D eigenvalue weighted by atomic mass is 9.95. The zero-order valence-corrected chi connectivity index (χ0v) is 16.7. The first-order valence-corrected chi connectivity index (χ1v) is 9.71. The quantitative estimate of drug-likeness (QED) is 0.537. The summed E-state index contributed by atoms with van der Waals surface area (Å²) in [5, 5.41) is 2.60. The minimum Gasteiger partial charge on any atom is -0.369 e. The maximum absolute atomic E-state index is 12.8. The van der Waals surface area contributed by atoms with Crippen LogP contribution in [0.2, 0.25) is 0 Å². The summed E-state index contributed by atoms with van der Waals surface area (Å²) in [6.45, 7) is 0.901. The number of primary amides is 2. The summed E-state index contributed by atoms with van der Waals surface area (Å²) in [4.78, 5) is 63.3. The van der Waals surface area contributed by atoms with E-state index in [1.165, 1.54) is 17.0 Å². The average molecular weight is 415 g/mol. The number of nitrogens with one attached hydrogen (secondary N) is 1. The van der Waals surface area contributed by atoms with Gasteiger partial charge in [-0.3, -0.25) is 24.0 Å². The Kier molecular flexibility index (Phi) is 6.04. The van der Waals surface area contributed by atoms with Crippen molar-refractivity contribution in [3.63, 3.8) is 0 Å². The monoisotopic (exact) mass is 415 g/mol. The van der Waals surface area contributed by atoms with Gasteiger partial charge < -0.3 is 26.6 Å². The Morgan fingerprint density at radius 2 is 1.30 bits per heavy atom. The van der Waals surface area contributed by atoms with E-state index < -0.39 is 23.7 Å². The van der Waals surface area contributed by atoms with Gasteiger partial charge >= 0.3 is 0 Å². The maximum atomic E-state index is 12.8. The number of benzene rings is 1. The summed E-state index contributed by atoms with van der Waals surface area (Å²) in [7, 11) is 1.57. The molecule has 0 saturated carbocycles. The molecule has 1 aromatic rings. The zero-order valence-electron chi connectivity index (χ0n) is 16.7. The second kappa shape index (κ2) is 8.52. The van der Waals surface area contributed by atoms with Gasteiger partial charge in [0.2, 0.25) is 17.7 Å². The van der Waals surface area contributed by atoms with Gasteiger partial charge in [0, 0.05) is 44.4 Å². The lowest BCUT2D eigenvalue weighted by Gasteiger charge is -2.18. The molecule has 2 aliphatic heterocycles. The van der Waals surface area contributed by atoms with Crippen LogP contribution in [0.1, 0.15) is 27.1 Å². The van der Waals surface area contributed by atoms with Crippen molar-refractivity contribution < 1.29 is 24.0 Å². The van der Waals surface area contributed by atoms with E-state index in [1.54, 1.807) is 24.1 Å². The first-order valence-electron chi connectivity index (χ1n) is 9.71. The van der Waals surface area contributed by atoms with E-state index in [1.807, 2.05) is 0 Å². The molecule has 2 unspecified atom stereocenters. The molecule has 1 aromatic carbocycles. The van der Waals surface area contributed by atoms with E-state index >= 15 is 0 Å². The molecule has 2 heterocycles. The number of nitrogens with zero attached hydrogens (tertiary/aromatic N) is 2. The molecule has 3 rings (SSSR count). The van der Waals surface area contributed by atoms with Crippen molar-refractivity contribution in [2.75, 3.05) is 33.2 Å². The number of rotatable bonds is 5. The number of hydrogen-bond acceptors (Lipinski definition) is 5. The largest absolute Gasteiger partial charge is 0.369 e. The number of amides is 5. The van der Waals surface area contributed by atoms with Crippen LogP contribution in [0.3, 0.4) is 0 Å². The van der Waals surface area contributed by atoms with Gasteiger partial charge in [-0.1, -0.05) is 0 Å². The van der Waals surface area contributed by atoms with Gasteiger partial charge in [-0.25, -0.2) is 0 Å². The molecule has 0 aromatic heterocycles. The summed E-state index contributed by atoms with van der Waals surface area (Å²) >= 11 is 0. The van der Waals surface area contributed by atoms with Gasteiger partial charge in [-0.2, -0.15) is 0 Å². The fourth-order valence-corrected chi connectivity index (χ4v) is 4.03. The highest BCUT2D eigenvalue weighted by atomic mass is 16.2. The smallest absolute Gasteiger partial charge is 0.253 e. The molecule has 10 nitrogen and oxygen atoms in total. The second-order valence-electron chi connectivity index (χ2n) is 7.66. The normalized spacial score (nSPS) is 23.3. The third-order valence-corrected chi connectivity index (χ3v) is 5.81. The highest BCUT2D eigenvalue weighted by Gasteiger charge is 2.42. The van der Waals surface area contributed by atoms with Crippen LogP contribution in [0, 0.1) is 17.8 Å². The molecule has 0 bridgehead atoms. The average Bonchev–Trinajstić information content (AvgIpc) is 3.40. The van der Waals surface area contributed by atoms with E-state index in [0.717, 1.165) is 0 Å². The number of carbonyl (C=O) groups excluding carboxylic acids is 5. The van der Waals surface area contributed by atoms with Crippen molar-refractivity contribution in [2.45, 2.75) is 6.42 Å². The Hall–Kier alpha value is -3.43. The fourth-order valence-electron chi connectivity index (χ4n) is 4.03. The zero-order chi connectivity index (χ0) is 22.0. The van der Waals surface area contributed by atoms with E-state index in [2.05, 4.69) is 5.32 Å². The van der Waals surface area contributed by atoms with Gasteiger partial charge in [0.05, 0.1) is 17.8 Å². The molecule has 2 saturated heterocycles. The predicted octanol–water partition coefficient (Wildman–Crippen LogP) is -1.45. The van der Waals surface area contributed by atoms with Crippen LogP contribution in [-0.2, 0) is 14.4 Å². The van der Waals surface area contributed by atoms with Gasteiger partial charge in [0.15, 0.2) is 0 Å².